The van der Waals surface area contributed by atoms with E-state index in [-0.39, 0.29) is 12.2 Å². The van der Waals surface area contributed by atoms with Gasteiger partial charge in [-0.2, -0.15) is 0 Å². The number of halogens is 1. The van der Waals surface area contributed by atoms with Gasteiger partial charge in [-0.25, -0.2) is 9.18 Å². The Bertz CT molecular complexity index is 731. The number of benzene rings is 2. The van der Waals surface area contributed by atoms with Crippen LogP contribution in [0.3, 0.4) is 0 Å². The third-order valence-electron chi connectivity index (χ3n) is 3.12. The van der Waals surface area contributed by atoms with Gasteiger partial charge in [0, 0.05) is 5.56 Å². The van der Waals surface area contributed by atoms with Crippen LogP contribution in [0.15, 0.2) is 54.6 Å². The van der Waals surface area contributed by atoms with Crippen LogP contribution in [0.2, 0.25) is 0 Å². The minimum atomic E-state index is -0.785. The zero-order valence-corrected chi connectivity index (χ0v) is 13.2. The molecule has 0 aliphatic rings. The third kappa shape index (κ3) is 6.42. The van der Waals surface area contributed by atoms with Gasteiger partial charge in [-0.05, 0) is 29.8 Å². The lowest BCUT2D eigenvalue weighted by Crippen LogP contribution is -2.31. The number of Topliss-reactive ketones (excluding diaryl/α,β-unsaturated/α-hetero) is 1. The van der Waals surface area contributed by atoms with E-state index in [0.29, 0.717) is 0 Å². The fourth-order valence-corrected chi connectivity index (χ4v) is 1.83. The van der Waals surface area contributed by atoms with Gasteiger partial charge < -0.3 is 14.8 Å². The van der Waals surface area contributed by atoms with Gasteiger partial charge in [0.05, 0.1) is 0 Å². The quantitative estimate of drug-likeness (QED) is 0.616. The number of ketones is 1. The van der Waals surface area contributed by atoms with E-state index in [2.05, 4.69) is 5.32 Å². The Morgan fingerprint density at radius 3 is 2.28 bits per heavy atom. The van der Waals surface area contributed by atoms with Gasteiger partial charge in [-0.1, -0.05) is 30.3 Å². The minimum Gasteiger partial charge on any atom is -0.456 e. The summed E-state index contributed by atoms with van der Waals surface area (Å²) < 4.78 is 22.4. The molecular formula is C18H16FNO5. The smallest absolute Gasteiger partial charge is 0.407 e. The van der Waals surface area contributed by atoms with Gasteiger partial charge in [-0.15, -0.1) is 0 Å². The van der Waals surface area contributed by atoms with Gasteiger partial charge in [0.1, 0.15) is 19.0 Å². The van der Waals surface area contributed by atoms with E-state index in [1.807, 2.05) is 18.2 Å². The van der Waals surface area contributed by atoms with E-state index < -0.39 is 36.8 Å². The van der Waals surface area contributed by atoms with E-state index in [0.717, 1.165) is 17.7 Å². The highest BCUT2D eigenvalue weighted by Crippen LogP contribution is 2.04. The molecular weight excluding hydrogens is 329 g/mol. The number of amides is 1. The summed E-state index contributed by atoms with van der Waals surface area (Å²) in [7, 11) is 0. The van der Waals surface area contributed by atoms with Crippen LogP contribution >= 0.6 is 0 Å². The zero-order chi connectivity index (χ0) is 18.1. The van der Waals surface area contributed by atoms with Gasteiger partial charge in [-0.3, -0.25) is 9.59 Å². The molecule has 0 unspecified atom stereocenters. The lowest BCUT2D eigenvalue weighted by Gasteiger charge is -2.07. The normalized spacial score (nSPS) is 9.96. The second-order valence-electron chi connectivity index (χ2n) is 5.01. The SMILES string of the molecule is O=C(CNC(=O)OCc1ccccc1)OCC(=O)c1ccc(F)cc1. The first-order valence-corrected chi connectivity index (χ1v) is 7.43. The predicted molar refractivity (Wildman–Crippen MR) is 86.3 cm³/mol. The topological polar surface area (TPSA) is 81.7 Å². The first-order valence-electron chi connectivity index (χ1n) is 7.43. The zero-order valence-electron chi connectivity index (χ0n) is 13.2. The van der Waals surface area contributed by atoms with Crippen molar-refractivity contribution in [3.05, 3.63) is 71.5 Å². The molecule has 0 radical (unpaired) electrons. The van der Waals surface area contributed by atoms with Gasteiger partial charge in [0.15, 0.2) is 12.4 Å². The molecule has 2 aromatic carbocycles. The van der Waals surface area contributed by atoms with Crippen LogP contribution in [-0.4, -0.2) is 31.0 Å². The average Bonchev–Trinajstić information content (AvgIpc) is 2.64. The third-order valence-corrected chi connectivity index (χ3v) is 3.12. The van der Waals surface area contributed by atoms with Crippen LogP contribution in [0.5, 0.6) is 0 Å². The highest BCUT2D eigenvalue weighted by molar-refractivity contribution is 5.98. The molecule has 0 saturated carbocycles. The van der Waals surface area contributed by atoms with Crippen LogP contribution in [0.4, 0.5) is 9.18 Å². The molecule has 0 saturated heterocycles. The summed E-state index contributed by atoms with van der Waals surface area (Å²) in [4.78, 5) is 34.7. The number of rotatable bonds is 7. The Kier molecular flexibility index (Phi) is 6.65. The van der Waals surface area contributed by atoms with Crippen LogP contribution in [0.1, 0.15) is 15.9 Å². The Morgan fingerprint density at radius 1 is 0.920 bits per heavy atom. The van der Waals surface area contributed by atoms with E-state index in [9.17, 15) is 18.8 Å². The predicted octanol–water partition coefficient (Wildman–Crippen LogP) is 2.48. The summed E-state index contributed by atoms with van der Waals surface area (Å²) in [5, 5.41) is 2.23. The molecule has 7 heteroatoms. The van der Waals surface area contributed by atoms with Gasteiger partial charge >= 0.3 is 12.1 Å². The molecule has 0 aliphatic carbocycles. The average molecular weight is 345 g/mol. The molecule has 0 heterocycles. The number of hydrogen-bond acceptors (Lipinski definition) is 5. The van der Waals surface area contributed by atoms with Gasteiger partial charge in [0.25, 0.3) is 0 Å². The fraction of sp³-hybridized carbons (Fsp3) is 0.167. The molecule has 0 fully saturated rings. The van der Waals surface area contributed by atoms with Crippen LogP contribution in [0.25, 0.3) is 0 Å². The first-order chi connectivity index (χ1) is 12.0. The van der Waals surface area contributed by atoms with Crippen molar-refractivity contribution in [2.24, 2.45) is 0 Å². The summed E-state index contributed by atoms with van der Waals surface area (Å²) in [6.07, 6.45) is -0.773. The van der Waals surface area contributed by atoms with Crippen molar-refractivity contribution in [3.8, 4) is 0 Å². The highest BCUT2D eigenvalue weighted by Gasteiger charge is 2.11. The van der Waals surface area contributed by atoms with Gasteiger partial charge in [0.2, 0.25) is 0 Å². The maximum atomic E-state index is 12.8. The number of hydrogen-bond donors (Lipinski definition) is 1. The largest absolute Gasteiger partial charge is 0.456 e. The lowest BCUT2D eigenvalue weighted by atomic mass is 10.1. The lowest BCUT2D eigenvalue weighted by molar-refractivity contribution is -0.141. The van der Waals surface area contributed by atoms with Crippen molar-refractivity contribution in [2.45, 2.75) is 6.61 Å². The molecule has 0 aromatic heterocycles. The minimum absolute atomic E-state index is 0.0742. The molecule has 2 aromatic rings. The van der Waals surface area contributed by atoms with E-state index in [4.69, 9.17) is 9.47 Å². The van der Waals surface area contributed by atoms with E-state index >= 15 is 0 Å². The monoisotopic (exact) mass is 345 g/mol. The maximum Gasteiger partial charge on any atom is 0.407 e. The van der Waals surface area contributed by atoms with Crippen molar-refractivity contribution in [2.75, 3.05) is 13.2 Å². The van der Waals surface area contributed by atoms with Crippen LogP contribution in [0, 0.1) is 5.82 Å². The highest BCUT2D eigenvalue weighted by atomic mass is 19.1. The number of alkyl carbamates (subject to hydrolysis) is 1. The Hall–Kier alpha value is -3.22. The summed E-state index contributed by atoms with van der Waals surface area (Å²) in [5.74, 6) is -1.72. The molecule has 2 rings (SSSR count). The number of ether oxygens (including phenoxy) is 2. The van der Waals surface area contributed by atoms with Crippen molar-refractivity contribution in [1.82, 2.24) is 5.32 Å². The molecule has 1 amide bonds. The first kappa shape index (κ1) is 18.1. The molecule has 1 N–H and O–H groups in total. The van der Waals surface area contributed by atoms with Crippen molar-refractivity contribution in [3.63, 3.8) is 0 Å². The number of carbonyl (C=O) groups is 3. The molecule has 0 aliphatic heterocycles. The van der Waals surface area contributed by atoms with E-state index in [1.165, 1.54) is 12.1 Å². The molecule has 0 bridgehead atoms. The summed E-state index contributed by atoms with van der Waals surface area (Å²) in [6.45, 7) is -0.847. The second-order valence-corrected chi connectivity index (χ2v) is 5.01. The van der Waals surface area contributed by atoms with Crippen molar-refractivity contribution in [1.29, 1.82) is 0 Å². The van der Waals surface area contributed by atoms with E-state index in [1.54, 1.807) is 12.1 Å². The fourth-order valence-electron chi connectivity index (χ4n) is 1.83. The molecule has 0 spiro atoms. The van der Waals surface area contributed by atoms with Crippen molar-refractivity contribution >= 4 is 17.8 Å². The Balaban J connectivity index is 1.65. The molecule has 6 nitrogen and oxygen atoms in total. The van der Waals surface area contributed by atoms with Crippen molar-refractivity contribution < 1.29 is 28.2 Å². The summed E-state index contributed by atoms with van der Waals surface area (Å²) >= 11 is 0. The second kappa shape index (κ2) is 9.17. The van der Waals surface area contributed by atoms with Crippen LogP contribution < -0.4 is 5.32 Å². The maximum absolute atomic E-state index is 12.8. The number of nitrogens with one attached hydrogen (secondary N) is 1. The summed E-state index contributed by atoms with van der Waals surface area (Å²) in [5.41, 5.74) is 1.04. The number of carbonyl (C=O) groups excluding carboxylic acids is 3. The standard InChI is InChI=1S/C18H16FNO5/c19-15-8-6-14(7-9-15)16(21)12-24-17(22)10-20-18(23)25-11-13-4-2-1-3-5-13/h1-9H,10-12H2,(H,20,23). The molecule has 25 heavy (non-hydrogen) atoms. The Morgan fingerprint density at radius 2 is 1.60 bits per heavy atom. The summed E-state index contributed by atoms with van der Waals surface area (Å²) in [6, 6.07) is 13.9. The Labute approximate surface area is 143 Å². The molecule has 130 valence electrons. The number of esters is 1. The van der Waals surface area contributed by atoms with Crippen LogP contribution in [-0.2, 0) is 20.9 Å². The molecule has 0 atom stereocenters.